The largest absolute Gasteiger partial charge is 0.390 e. The van der Waals surface area contributed by atoms with Crippen LogP contribution in [0.15, 0.2) is 53.7 Å². The molecule has 7 heteroatoms. The third kappa shape index (κ3) is 4.61. The lowest BCUT2D eigenvalue weighted by molar-refractivity contribution is 0.0588. The number of carbonyl (C=O) groups excluding carboxylic acids is 1. The van der Waals surface area contributed by atoms with Gasteiger partial charge in [-0.2, -0.15) is 0 Å². The molecule has 1 aliphatic rings. The van der Waals surface area contributed by atoms with E-state index < -0.39 is 6.10 Å². The number of urea groups is 1. The van der Waals surface area contributed by atoms with Crippen molar-refractivity contribution in [3.05, 3.63) is 71.3 Å². The fraction of sp³-hybridized carbons (Fsp3) is 0.300. The molecule has 1 atom stereocenters. The average Bonchev–Trinajstić information content (AvgIpc) is 3.12. The molecule has 0 aromatic heterocycles. The lowest BCUT2D eigenvalue weighted by atomic mass is 10.0. The van der Waals surface area contributed by atoms with Gasteiger partial charge in [-0.05, 0) is 19.1 Å². The summed E-state index contributed by atoms with van der Waals surface area (Å²) in [5, 5.41) is 6.70. The van der Waals surface area contributed by atoms with Crippen molar-refractivity contribution in [2.24, 2.45) is 5.16 Å². The van der Waals surface area contributed by atoms with Crippen LogP contribution >= 0.6 is 0 Å². The molecule has 3 rings (SSSR count). The fourth-order valence-corrected chi connectivity index (χ4v) is 2.94. The summed E-state index contributed by atoms with van der Waals surface area (Å²) in [4.78, 5) is 19.3. The molecule has 5 nitrogen and oxygen atoms in total. The van der Waals surface area contributed by atoms with Crippen LogP contribution in [0.4, 0.5) is 13.6 Å². The molecule has 0 fully saturated rings. The molecule has 2 amide bonds. The van der Waals surface area contributed by atoms with Gasteiger partial charge in [-0.15, -0.1) is 0 Å². The van der Waals surface area contributed by atoms with Crippen molar-refractivity contribution in [2.45, 2.75) is 26.0 Å². The van der Waals surface area contributed by atoms with Crippen LogP contribution in [0.3, 0.4) is 0 Å². The molecule has 0 spiro atoms. The normalized spacial score (nSPS) is 15.8. The number of rotatable bonds is 6. The molecule has 1 unspecified atom stereocenters. The van der Waals surface area contributed by atoms with E-state index in [1.807, 2.05) is 6.92 Å². The van der Waals surface area contributed by atoms with E-state index in [1.54, 1.807) is 36.4 Å². The van der Waals surface area contributed by atoms with Crippen LogP contribution in [0.5, 0.6) is 0 Å². The van der Waals surface area contributed by atoms with Gasteiger partial charge in [0.25, 0.3) is 0 Å². The number of halogens is 2. The summed E-state index contributed by atoms with van der Waals surface area (Å²) in [6, 6.07) is 12.3. The van der Waals surface area contributed by atoms with E-state index in [-0.39, 0.29) is 30.8 Å². The highest BCUT2D eigenvalue weighted by Crippen LogP contribution is 2.20. The van der Waals surface area contributed by atoms with Crippen LogP contribution in [0.25, 0.3) is 0 Å². The highest BCUT2D eigenvalue weighted by Gasteiger charge is 2.28. The first-order chi connectivity index (χ1) is 13.1. The second kappa shape index (κ2) is 8.62. The van der Waals surface area contributed by atoms with Crippen LogP contribution in [0.1, 0.15) is 24.5 Å². The zero-order valence-corrected chi connectivity index (χ0v) is 15.0. The van der Waals surface area contributed by atoms with Crippen LogP contribution in [0.2, 0.25) is 0 Å². The van der Waals surface area contributed by atoms with Gasteiger partial charge in [-0.25, -0.2) is 13.6 Å². The van der Waals surface area contributed by atoms with Crippen LogP contribution in [-0.2, 0) is 11.4 Å². The number of nitrogens with one attached hydrogen (secondary N) is 1. The third-order valence-corrected chi connectivity index (χ3v) is 4.28. The molecule has 2 aromatic rings. The second-order valence-corrected chi connectivity index (χ2v) is 6.26. The molecule has 1 heterocycles. The molecular weight excluding hydrogens is 352 g/mol. The predicted molar refractivity (Wildman–Crippen MR) is 98.3 cm³/mol. The molecule has 1 N–H and O–H groups in total. The van der Waals surface area contributed by atoms with Crippen LogP contribution < -0.4 is 5.32 Å². The van der Waals surface area contributed by atoms with Crippen molar-refractivity contribution >= 4 is 11.7 Å². The highest BCUT2D eigenvalue weighted by atomic mass is 19.1. The Labute approximate surface area is 156 Å². The van der Waals surface area contributed by atoms with Crippen molar-refractivity contribution in [1.29, 1.82) is 0 Å². The first-order valence-corrected chi connectivity index (χ1v) is 8.82. The summed E-state index contributed by atoms with van der Waals surface area (Å²) >= 11 is 0. The zero-order chi connectivity index (χ0) is 19.2. The minimum Gasteiger partial charge on any atom is -0.390 e. The van der Waals surface area contributed by atoms with Gasteiger partial charge in [-0.3, -0.25) is 0 Å². The minimum atomic E-state index is -0.422. The Balaban J connectivity index is 1.69. The van der Waals surface area contributed by atoms with E-state index in [1.165, 1.54) is 17.0 Å². The summed E-state index contributed by atoms with van der Waals surface area (Å²) in [6.45, 7) is 2.58. The molecule has 27 heavy (non-hydrogen) atoms. The Bertz CT molecular complexity index is 841. The van der Waals surface area contributed by atoms with Gasteiger partial charge in [0.2, 0.25) is 0 Å². The van der Waals surface area contributed by atoms with E-state index in [4.69, 9.17) is 4.84 Å². The average molecular weight is 373 g/mol. The van der Waals surface area contributed by atoms with Gasteiger partial charge in [0.1, 0.15) is 11.6 Å². The Hall–Kier alpha value is -2.96. The maximum absolute atomic E-state index is 14.0. The third-order valence-electron chi connectivity index (χ3n) is 4.28. The molecular formula is C20H21F2N3O2. The summed E-state index contributed by atoms with van der Waals surface area (Å²) in [5.74, 6) is -0.741. The monoisotopic (exact) mass is 373 g/mol. The van der Waals surface area contributed by atoms with E-state index in [9.17, 15) is 13.6 Å². The number of carbonyl (C=O) groups is 1. The van der Waals surface area contributed by atoms with Gasteiger partial charge >= 0.3 is 6.03 Å². The molecule has 1 aliphatic heterocycles. The number of hydrogen-bond donors (Lipinski definition) is 1. The Morgan fingerprint density at radius 3 is 2.59 bits per heavy atom. The maximum atomic E-state index is 14.0. The van der Waals surface area contributed by atoms with Crippen LogP contribution in [0, 0.1) is 11.6 Å². The standard InChI is InChI=1S/C20H21F2N3O2/c1-2-23-20(26)25(12-14-7-3-5-9-17(14)21)13-15-11-19(24-27-15)16-8-4-6-10-18(16)22/h3-10,15H,2,11-13H2,1H3,(H,23,26). The number of benzene rings is 2. The van der Waals surface area contributed by atoms with Crippen molar-refractivity contribution in [3.63, 3.8) is 0 Å². The van der Waals surface area contributed by atoms with Crippen LogP contribution in [-0.4, -0.2) is 35.8 Å². The lowest BCUT2D eigenvalue weighted by Gasteiger charge is -2.25. The molecule has 0 saturated carbocycles. The molecule has 0 aliphatic carbocycles. The molecule has 2 aromatic carbocycles. The first-order valence-electron chi connectivity index (χ1n) is 8.82. The second-order valence-electron chi connectivity index (χ2n) is 6.26. The summed E-state index contributed by atoms with van der Waals surface area (Å²) in [6.07, 6.45) is -0.0531. The highest BCUT2D eigenvalue weighted by molar-refractivity contribution is 6.01. The van der Waals surface area contributed by atoms with E-state index >= 15 is 0 Å². The molecule has 0 radical (unpaired) electrons. The van der Waals surface area contributed by atoms with Crippen molar-refractivity contribution < 1.29 is 18.4 Å². The molecule has 142 valence electrons. The summed E-state index contributed by atoms with van der Waals surface area (Å²) in [7, 11) is 0. The molecule has 0 bridgehead atoms. The van der Waals surface area contributed by atoms with Crippen molar-refractivity contribution in [2.75, 3.05) is 13.1 Å². The minimum absolute atomic E-state index is 0.105. The van der Waals surface area contributed by atoms with Crippen molar-refractivity contribution in [3.8, 4) is 0 Å². The van der Waals surface area contributed by atoms with Gasteiger partial charge in [0.15, 0.2) is 6.10 Å². The van der Waals surface area contributed by atoms with Gasteiger partial charge in [0.05, 0.1) is 18.8 Å². The Morgan fingerprint density at radius 2 is 1.89 bits per heavy atom. The Morgan fingerprint density at radius 1 is 1.19 bits per heavy atom. The zero-order valence-electron chi connectivity index (χ0n) is 15.0. The SMILES string of the molecule is CCNC(=O)N(Cc1ccccc1F)CC1CC(c2ccccc2F)=NO1. The maximum Gasteiger partial charge on any atom is 0.317 e. The fourth-order valence-electron chi connectivity index (χ4n) is 2.94. The van der Waals surface area contributed by atoms with Gasteiger partial charge < -0.3 is 15.1 Å². The Kier molecular flexibility index (Phi) is 6.01. The number of hydrogen-bond acceptors (Lipinski definition) is 3. The van der Waals surface area contributed by atoms with E-state index in [0.717, 1.165) is 0 Å². The van der Waals surface area contributed by atoms with E-state index in [0.29, 0.717) is 29.8 Å². The lowest BCUT2D eigenvalue weighted by Crippen LogP contribution is -2.43. The topological polar surface area (TPSA) is 53.9 Å². The summed E-state index contributed by atoms with van der Waals surface area (Å²) in [5.41, 5.74) is 1.30. The van der Waals surface area contributed by atoms with Crippen molar-refractivity contribution in [1.82, 2.24) is 10.2 Å². The van der Waals surface area contributed by atoms with Gasteiger partial charge in [0, 0.05) is 24.1 Å². The number of oxime groups is 1. The summed E-state index contributed by atoms with van der Waals surface area (Å²) < 4.78 is 27.9. The predicted octanol–water partition coefficient (Wildman–Crippen LogP) is 3.69. The number of amides is 2. The quantitative estimate of drug-likeness (QED) is 0.840. The molecule has 0 saturated heterocycles. The number of nitrogens with zero attached hydrogens (tertiary/aromatic N) is 2. The van der Waals surface area contributed by atoms with E-state index in [2.05, 4.69) is 10.5 Å². The van der Waals surface area contributed by atoms with Gasteiger partial charge in [-0.1, -0.05) is 41.6 Å². The smallest absolute Gasteiger partial charge is 0.317 e. The first kappa shape index (κ1) is 18.8.